The summed E-state index contributed by atoms with van der Waals surface area (Å²) in [5.41, 5.74) is 3.74. The number of aliphatic imine (C=N–C) groups is 1. The van der Waals surface area contributed by atoms with Gasteiger partial charge in [0.25, 0.3) is 0 Å². The number of benzene rings is 3. The van der Waals surface area contributed by atoms with Gasteiger partial charge in [-0.15, -0.1) is 0 Å². The van der Waals surface area contributed by atoms with Gasteiger partial charge in [-0.1, -0.05) is 30.3 Å². The summed E-state index contributed by atoms with van der Waals surface area (Å²) in [5, 5.41) is 21.2. The van der Waals surface area contributed by atoms with Crippen LogP contribution in [0.2, 0.25) is 0 Å². The number of aryl methyl sites for hydroxylation is 2. The number of carbonyl (C=O) groups excluding carboxylic acids is 2. The van der Waals surface area contributed by atoms with Crippen LogP contribution in [-0.4, -0.2) is 45.4 Å². The maximum absolute atomic E-state index is 12.6. The third-order valence-corrected chi connectivity index (χ3v) is 5.97. The van der Waals surface area contributed by atoms with E-state index in [9.17, 15) is 24.6 Å². The highest BCUT2D eigenvalue weighted by molar-refractivity contribution is 6.23. The third kappa shape index (κ3) is 4.24. The van der Waals surface area contributed by atoms with Crippen LogP contribution in [0, 0.1) is 13.8 Å². The smallest absolute Gasteiger partial charge is 0.338 e. The summed E-state index contributed by atoms with van der Waals surface area (Å²) < 4.78 is 6.01. The molecule has 4 rings (SSSR count). The maximum Gasteiger partial charge on any atom is 0.338 e. The number of aromatic nitrogens is 1. The van der Waals surface area contributed by atoms with Gasteiger partial charge in [-0.05, 0) is 55.3 Å². The van der Waals surface area contributed by atoms with Crippen LogP contribution in [0.15, 0.2) is 65.7 Å². The molecule has 3 aromatic carbocycles. The first-order valence-corrected chi connectivity index (χ1v) is 11.1. The number of carboxylic acid groups (broad SMARTS) is 1. The van der Waals surface area contributed by atoms with Crippen molar-refractivity contribution < 1.29 is 29.3 Å². The topological polar surface area (TPSA) is 118 Å². The number of aromatic hydroxyl groups is 1. The van der Waals surface area contributed by atoms with Gasteiger partial charge in [0.1, 0.15) is 0 Å². The maximum atomic E-state index is 12.6. The van der Waals surface area contributed by atoms with Crippen LogP contribution in [0.5, 0.6) is 5.88 Å². The van der Waals surface area contributed by atoms with Crippen molar-refractivity contribution in [3.63, 3.8) is 0 Å². The fraction of sp³-hybridized carbons (Fsp3) is 0.143. The number of hydrogen-bond acceptors (Lipinski definition) is 6. The van der Waals surface area contributed by atoms with Crippen molar-refractivity contribution in [2.24, 2.45) is 4.99 Å². The second kappa shape index (κ2) is 9.50. The number of rotatable bonds is 5. The fourth-order valence-corrected chi connectivity index (χ4v) is 4.26. The Balaban J connectivity index is 2.07. The summed E-state index contributed by atoms with van der Waals surface area (Å²) in [4.78, 5) is 41.1. The van der Waals surface area contributed by atoms with Crippen molar-refractivity contribution in [3.8, 4) is 5.88 Å². The summed E-state index contributed by atoms with van der Waals surface area (Å²) in [6, 6.07) is 17.1. The minimum atomic E-state index is -1.04. The molecule has 8 nitrogen and oxygen atoms in total. The summed E-state index contributed by atoms with van der Waals surface area (Å²) in [6.45, 7) is 4.74. The molecule has 0 fully saturated rings. The van der Waals surface area contributed by atoms with Gasteiger partial charge < -0.3 is 14.9 Å². The first-order valence-electron chi connectivity index (χ1n) is 11.1. The lowest BCUT2D eigenvalue weighted by atomic mass is 9.98. The van der Waals surface area contributed by atoms with Gasteiger partial charge in [-0.25, -0.2) is 14.6 Å². The van der Waals surface area contributed by atoms with Crippen LogP contribution >= 0.6 is 0 Å². The van der Waals surface area contributed by atoms with Crippen LogP contribution in [0.3, 0.4) is 0 Å². The van der Waals surface area contributed by atoms with Crippen molar-refractivity contribution in [3.05, 3.63) is 94.0 Å². The van der Waals surface area contributed by atoms with E-state index in [0.29, 0.717) is 44.6 Å². The van der Waals surface area contributed by atoms with Gasteiger partial charge in [0, 0.05) is 17.9 Å². The molecule has 0 aliphatic carbocycles. The van der Waals surface area contributed by atoms with E-state index in [1.54, 1.807) is 32.0 Å². The van der Waals surface area contributed by atoms with E-state index in [1.807, 2.05) is 30.3 Å². The Labute approximate surface area is 207 Å². The molecule has 0 aliphatic heterocycles. The normalized spacial score (nSPS) is 11.5. The molecule has 0 aliphatic rings. The summed E-state index contributed by atoms with van der Waals surface area (Å²) in [6.07, 6.45) is 0. The zero-order valence-electron chi connectivity index (χ0n) is 20.2. The van der Waals surface area contributed by atoms with Crippen LogP contribution in [0.4, 0.5) is 5.69 Å². The number of carboxylic acids is 1. The van der Waals surface area contributed by atoms with E-state index < -0.39 is 17.8 Å². The molecule has 182 valence electrons. The monoisotopic (exact) mass is 484 g/mol. The molecule has 0 saturated carbocycles. The molecule has 36 heavy (non-hydrogen) atoms. The number of esters is 1. The molecule has 0 atom stereocenters. The Kier molecular flexibility index (Phi) is 6.44. The van der Waals surface area contributed by atoms with Crippen molar-refractivity contribution >= 4 is 40.1 Å². The van der Waals surface area contributed by atoms with Crippen molar-refractivity contribution in [2.45, 2.75) is 20.8 Å². The SMILES string of the molecule is COC(=O)c1cc2c(cc1C)c(C(=Nc1ccc(C(=O)O)c(C)c1)c1ccccc1)c(O)n2C(C)=O. The Morgan fingerprint density at radius 1 is 0.917 bits per heavy atom. The predicted octanol–water partition coefficient (Wildman–Crippen LogP) is 5.28. The Bertz CT molecular complexity index is 1560. The highest BCUT2D eigenvalue weighted by Crippen LogP contribution is 2.36. The molecule has 0 radical (unpaired) electrons. The van der Waals surface area contributed by atoms with E-state index in [1.165, 1.54) is 26.2 Å². The van der Waals surface area contributed by atoms with Gasteiger partial charge in [-0.2, -0.15) is 0 Å². The number of methoxy groups -OCH3 is 1. The predicted molar refractivity (Wildman–Crippen MR) is 136 cm³/mol. The molecule has 0 unspecified atom stereocenters. The van der Waals surface area contributed by atoms with Crippen LogP contribution in [0.1, 0.15) is 54.7 Å². The molecule has 8 heteroatoms. The molecule has 4 aromatic rings. The molecule has 0 amide bonds. The van der Waals surface area contributed by atoms with E-state index in [4.69, 9.17) is 9.73 Å². The quantitative estimate of drug-likeness (QED) is 0.294. The Morgan fingerprint density at radius 2 is 1.58 bits per heavy atom. The second-order valence-corrected chi connectivity index (χ2v) is 8.36. The van der Waals surface area contributed by atoms with Crippen molar-refractivity contribution in [1.29, 1.82) is 0 Å². The molecule has 2 N–H and O–H groups in total. The summed E-state index contributed by atoms with van der Waals surface area (Å²) in [7, 11) is 1.27. The standard InChI is InChI=1S/C28H24N2O6/c1-15-12-19(10-11-20(15)27(33)34)29-25(18-8-6-5-7-9-18)24-22-13-16(2)21(28(35)36-4)14-23(22)30(17(3)31)26(24)32/h5-14,32H,1-4H3,(H,33,34). The minimum absolute atomic E-state index is 0.164. The largest absolute Gasteiger partial charge is 0.494 e. The van der Waals surface area contributed by atoms with Crippen LogP contribution in [0.25, 0.3) is 10.9 Å². The highest BCUT2D eigenvalue weighted by Gasteiger charge is 2.26. The van der Waals surface area contributed by atoms with Crippen LogP contribution in [-0.2, 0) is 4.74 Å². The summed E-state index contributed by atoms with van der Waals surface area (Å²) >= 11 is 0. The fourth-order valence-electron chi connectivity index (χ4n) is 4.26. The summed E-state index contributed by atoms with van der Waals surface area (Å²) in [5.74, 6) is -2.36. The first-order chi connectivity index (χ1) is 17.1. The number of hydrogen-bond donors (Lipinski definition) is 2. The second-order valence-electron chi connectivity index (χ2n) is 8.36. The lowest BCUT2D eigenvalue weighted by molar-refractivity contribution is 0.0598. The number of fused-ring (bicyclic) bond motifs is 1. The Morgan fingerprint density at radius 3 is 2.17 bits per heavy atom. The molecular formula is C28H24N2O6. The number of nitrogens with zero attached hydrogens (tertiary/aromatic N) is 2. The third-order valence-electron chi connectivity index (χ3n) is 5.97. The zero-order valence-corrected chi connectivity index (χ0v) is 20.2. The van der Waals surface area contributed by atoms with Crippen molar-refractivity contribution in [1.82, 2.24) is 4.57 Å². The van der Waals surface area contributed by atoms with E-state index in [-0.39, 0.29) is 17.0 Å². The molecular weight excluding hydrogens is 460 g/mol. The molecule has 0 saturated heterocycles. The van der Waals surface area contributed by atoms with Gasteiger partial charge in [0.15, 0.2) is 0 Å². The molecule has 1 aromatic heterocycles. The number of carbonyl (C=O) groups is 3. The van der Waals surface area contributed by atoms with Crippen LogP contribution < -0.4 is 0 Å². The molecule has 1 heterocycles. The van der Waals surface area contributed by atoms with Crippen molar-refractivity contribution in [2.75, 3.05) is 7.11 Å². The zero-order chi connectivity index (χ0) is 26.1. The van der Waals surface area contributed by atoms with E-state index in [0.717, 1.165) is 4.57 Å². The Hall–Kier alpha value is -4.72. The van der Waals surface area contributed by atoms with Gasteiger partial charge in [0.05, 0.1) is 40.7 Å². The lowest BCUT2D eigenvalue weighted by Gasteiger charge is -2.10. The van der Waals surface area contributed by atoms with Gasteiger partial charge in [-0.3, -0.25) is 9.36 Å². The minimum Gasteiger partial charge on any atom is -0.494 e. The average molecular weight is 485 g/mol. The highest BCUT2D eigenvalue weighted by atomic mass is 16.5. The first kappa shape index (κ1) is 24.4. The average Bonchev–Trinajstić information content (AvgIpc) is 3.12. The van der Waals surface area contributed by atoms with E-state index in [2.05, 4.69) is 0 Å². The van der Waals surface area contributed by atoms with E-state index >= 15 is 0 Å². The molecule has 0 spiro atoms. The number of ether oxygens (including phenoxy) is 1. The molecule has 0 bridgehead atoms. The van der Waals surface area contributed by atoms with Gasteiger partial charge in [0.2, 0.25) is 11.8 Å². The lowest BCUT2D eigenvalue weighted by Crippen LogP contribution is -2.07. The van der Waals surface area contributed by atoms with Gasteiger partial charge >= 0.3 is 11.9 Å². The number of aromatic carboxylic acids is 1.